The molecular weight excluding hydrogens is 143 g/mol. The predicted octanol–water partition coefficient (Wildman–Crippen LogP) is 1.55. The van der Waals surface area contributed by atoms with Gasteiger partial charge in [0.1, 0.15) is 0 Å². The highest BCUT2D eigenvalue weighted by atomic mass is 19.4. The molecule has 1 aliphatic heterocycles. The lowest BCUT2D eigenvalue weighted by atomic mass is 9.97. The molecular formula is C6H10F3N. The van der Waals surface area contributed by atoms with Crippen molar-refractivity contribution >= 4 is 0 Å². The van der Waals surface area contributed by atoms with Crippen LogP contribution in [-0.2, 0) is 0 Å². The predicted molar refractivity (Wildman–Crippen MR) is 31.6 cm³/mol. The normalized spacial score (nSPS) is 20.7. The van der Waals surface area contributed by atoms with E-state index >= 15 is 0 Å². The summed E-state index contributed by atoms with van der Waals surface area (Å²) in [6, 6.07) is 0. The van der Waals surface area contributed by atoms with Crippen LogP contribution in [-0.4, -0.2) is 19.3 Å². The average Bonchev–Trinajstić information content (AvgIpc) is 1.56. The lowest BCUT2D eigenvalue weighted by molar-refractivity contribution is -0.138. The maximum Gasteiger partial charge on any atom is 0.389 e. The first kappa shape index (κ1) is 7.85. The zero-order valence-electron chi connectivity index (χ0n) is 5.54. The van der Waals surface area contributed by atoms with E-state index in [1.54, 1.807) is 0 Å². The molecule has 1 nitrogen and oxygen atoms in total. The third kappa shape index (κ3) is 2.56. The van der Waals surface area contributed by atoms with Gasteiger partial charge in [0.25, 0.3) is 0 Å². The minimum absolute atomic E-state index is 0.265. The molecule has 0 bridgehead atoms. The molecule has 0 amide bonds. The van der Waals surface area contributed by atoms with Crippen molar-refractivity contribution in [3.63, 3.8) is 0 Å². The fraction of sp³-hybridized carbons (Fsp3) is 1.00. The van der Waals surface area contributed by atoms with Crippen molar-refractivity contribution in [3.05, 3.63) is 0 Å². The Bertz CT molecular complexity index is 106. The van der Waals surface area contributed by atoms with Crippen LogP contribution in [0.2, 0.25) is 0 Å². The van der Waals surface area contributed by atoms with Gasteiger partial charge in [-0.05, 0) is 25.4 Å². The monoisotopic (exact) mass is 153 g/mol. The van der Waals surface area contributed by atoms with E-state index in [0.29, 0.717) is 0 Å². The highest BCUT2D eigenvalue weighted by Crippen LogP contribution is 2.25. The van der Waals surface area contributed by atoms with Crippen molar-refractivity contribution in [2.75, 3.05) is 13.1 Å². The molecule has 0 saturated carbocycles. The number of hydrogen-bond acceptors (Lipinski definition) is 1. The zero-order valence-corrected chi connectivity index (χ0v) is 5.54. The van der Waals surface area contributed by atoms with Gasteiger partial charge in [0.15, 0.2) is 0 Å². The molecule has 1 saturated heterocycles. The van der Waals surface area contributed by atoms with Crippen LogP contribution in [0.15, 0.2) is 0 Å². The Morgan fingerprint density at radius 3 is 2.20 bits per heavy atom. The fourth-order valence-electron chi connectivity index (χ4n) is 0.920. The molecule has 1 heterocycles. The van der Waals surface area contributed by atoms with Gasteiger partial charge in [0.05, 0.1) is 0 Å². The Kier molecular flexibility index (Phi) is 2.18. The lowest BCUT2D eigenvalue weighted by Crippen LogP contribution is -2.42. The summed E-state index contributed by atoms with van der Waals surface area (Å²) in [6.45, 7) is 1.52. The van der Waals surface area contributed by atoms with Gasteiger partial charge >= 0.3 is 6.18 Å². The third-order valence-electron chi connectivity index (χ3n) is 1.70. The molecule has 0 radical (unpaired) electrons. The van der Waals surface area contributed by atoms with E-state index in [4.69, 9.17) is 0 Å². The van der Waals surface area contributed by atoms with Crippen LogP contribution >= 0.6 is 0 Å². The van der Waals surface area contributed by atoms with Gasteiger partial charge in [-0.3, -0.25) is 0 Å². The molecule has 60 valence electrons. The molecule has 1 rings (SSSR count). The lowest BCUT2D eigenvalue weighted by Gasteiger charge is -2.27. The highest BCUT2D eigenvalue weighted by Gasteiger charge is 2.29. The first-order valence-corrected chi connectivity index (χ1v) is 3.35. The molecule has 0 spiro atoms. The summed E-state index contributed by atoms with van der Waals surface area (Å²) >= 11 is 0. The standard InChI is InChI=1S/C6H10F3N/c7-6(8,9)2-1-5-3-10-4-5/h5,10H,1-4H2. The van der Waals surface area contributed by atoms with Crippen LogP contribution in [0.3, 0.4) is 0 Å². The number of nitrogens with one attached hydrogen (secondary N) is 1. The minimum Gasteiger partial charge on any atom is -0.316 e. The molecule has 1 fully saturated rings. The van der Waals surface area contributed by atoms with Crippen LogP contribution < -0.4 is 5.32 Å². The van der Waals surface area contributed by atoms with Crippen LogP contribution in [0, 0.1) is 5.92 Å². The van der Waals surface area contributed by atoms with E-state index in [-0.39, 0.29) is 12.3 Å². The molecule has 1 aliphatic rings. The Labute approximate surface area is 57.6 Å². The number of rotatable bonds is 2. The van der Waals surface area contributed by atoms with Gasteiger partial charge in [0.2, 0.25) is 0 Å². The molecule has 0 atom stereocenters. The molecule has 10 heavy (non-hydrogen) atoms. The van der Waals surface area contributed by atoms with Crippen molar-refractivity contribution in [1.82, 2.24) is 5.32 Å². The van der Waals surface area contributed by atoms with Crippen molar-refractivity contribution < 1.29 is 13.2 Å². The summed E-state index contributed by atoms with van der Waals surface area (Å²) in [7, 11) is 0. The molecule has 0 unspecified atom stereocenters. The van der Waals surface area contributed by atoms with Gasteiger partial charge in [-0.2, -0.15) is 13.2 Å². The summed E-state index contributed by atoms with van der Waals surface area (Å²) in [6.07, 6.45) is -4.30. The first-order chi connectivity index (χ1) is 4.58. The van der Waals surface area contributed by atoms with E-state index in [0.717, 1.165) is 13.1 Å². The van der Waals surface area contributed by atoms with Crippen LogP contribution in [0.1, 0.15) is 12.8 Å². The van der Waals surface area contributed by atoms with E-state index in [1.165, 1.54) is 0 Å². The maximum atomic E-state index is 11.6. The highest BCUT2D eigenvalue weighted by molar-refractivity contribution is 4.75. The van der Waals surface area contributed by atoms with Gasteiger partial charge in [-0.1, -0.05) is 0 Å². The van der Waals surface area contributed by atoms with Crippen LogP contribution in [0.5, 0.6) is 0 Å². The first-order valence-electron chi connectivity index (χ1n) is 3.35. The second-order valence-electron chi connectivity index (χ2n) is 2.68. The van der Waals surface area contributed by atoms with Crippen LogP contribution in [0.25, 0.3) is 0 Å². The van der Waals surface area contributed by atoms with Crippen molar-refractivity contribution in [2.24, 2.45) is 5.92 Å². The van der Waals surface area contributed by atoms with Crippen molar-refractivity contribution in [2.45, 2.75) is 19.0 Å². The van der Waals surface area contributed by atoms with E-state index in [9.17, 15) is 13.2 Å². The number of halogens is 3. The van der Waals surface area contributed by atoms with Gasteiger partial charge < -0.3 is 5.32 Å². The summed E-state index contributed by atoms with van der Waals surface area (Å²) < 4.78 is 34.7. The quantitative estimate of drug-likeness (QED) is 0.634. The molecule has 1 N–H and O–H groups in total. The minimum atomic E-state index is -3.96. The van der Waals surface area contributed by atoms with Crippen LogP contribution in [0.4, 0.5) is 13.2 Å². The summed E-state index contributed by atoms with van der Waals surface area (Å²) in [5.41, 5.74) is 0. The summed E-state index contributed by atoms with van der Waals surface area (Å²) in [4.78, 5) is 0. The smallest absolute Gasteiger partial charge is 0.316 e. The number of alkyl halides is 3. The van der Waals surface area contributed by atoms with Gasteiger partial charge in [-0.15, -0.1) is 0 Å². The average molecular weight is 153 g/mol. The molecule has 0 aromatic rings. The third-order valence-corrected chi connectivity index (χ3v) is 1.70. The maximum absolute atomic E-state index is 11.6. The van der Waals surface area contributed by atoms with Gasteiger partial charge in [0, 0.05) is 6.42 Å². The number of hydrogen-bond donors (Lipinski definition) is 1. The van der Waals surface area contributed by atoms with Crippen molar-refractivity contribution in [3.8, 4) is 0 Å². The van der Waals surface area contributed by atoms with E-state index < -0.39 is 12.6 Å². The summed E-state index contributed by atoms with van der Waals surface area (Å²) in [5.74, 6) is 0.265. The zero-order chi connectivity index (χ0) is 7.61. The molecule has 4 heteroatoms. The fourth-order valence-corrected chi connectivity index (χ4v) is 0.920. The second-order valence-corrected chi connectivity index (χ2v) is 2.68. The second kappa shape index (κ2) is 2.78. The Morgan fingerprint density at radius 2 is 1.90 bits per heavy atom. The van der Waals surface area contributed by atoms with Crippen molar-refractivity contribution in [1.29, 1.82) is 0 Å². The molecule has 0 aromatic carbocycles. The Balaban J connectivity index is 2.04. The molecule has 0 aromatic heterocycles. The largest absolute Gasteiger partial charge is 0.389 e. The SMILES string of the molecule is FC(F)(F)CCC1CNC1. The molecule has 0 aliphatic carbocycles. The Morgan fingerprint density at radius 1 is 1.30 bits per heavy atom. The Hall–Kier alpha value is -0.250. The summed E-state index contributed by atoms with van der Waals surface area (Å²) in [5, 5.41) is 2.93. The van der Waals surface area contributed by atoms with Gasteiger partial charge in [-0.25, -0.2) is 0 Å². The van der Waals surface area contributed by atoms with E-state index in [2.05, 4.69) is 5.32 Å². The van der Waals surface area contributed by atoms with E-state index in [1.807, 2.05) is 0 Å². The topological polar surface area (TPSA) is 12.0 Å².